The lowest BCUT2D eigenvalue weighted by Gasteiger charge is -2.45. The third-order valence-corrected chi connectivity index (χ3v) is 5.30. The van der Waals surface area contributed by atoms with E-state index in [1.807, 2.05) is 0 Å². The van der Waals surface area contributed by atoms with Gasteiger partial charge in [-0.15, -0.1) is 0 Å². The molecular weight excluding hydrogens is 218 g/mol. The van der Waals surface area contributed by atoms with Crippen molar-refractivity contribution >= 4 is 0 Å². The Labute approximate surface area is 115 Å². The quantitative estimate of drug-likeness (QED) is 0.737. The molecule has 0 saturated heterocycles. The molecule has 0 bridgehead atoms. The van der Waals surface area contributed by atoms with Crippen LogP contribution >= 0.6 is 0 Å². The number of hydrogen-bond acceptors (Lipinski definition) is 1. The van der Waals surface area contributed by atoms with Crippen LogP contribution in [0.3, 0.4) is 0 Å². The van der Waals surface area contributed by atoms with E-state index in [2.05, 4.69) is 47.0 Å². The Morgan fingerprint density at radius 3 is 2.17 bits per heavy atom. The van der Waals surface area contributed by atoms with Crippen LogP contribution in [0.5, 0.6) is 0 Å². The molecule has 1 N–H and O–H groups in total. The predicted octanol–water partition coefficient (Wildman–Crippen LogP) is 4.86. The van der Waals surface area contributed by atoms with Crippen molar-refractivity contribution in [3.8, 4) is 0 Å². The third-order valence-electron chi connectivity index (χ3n) is 5.30. The van der Waals surface area contributed by atoms with Crippen molar-refractivity contribution in [3.63, 3.8) is 0 Å². The average molecular weight is 253 g/mol. The van der Waals surface area contributed by atoms with E-state index in [0.717, 1.165) is 11.8 Å². The fourth-order valence-corrected chi connectivity index (χ4v) is 3.81. The standard InChI is InChI=1S/C17H35N/c1-7-14(2)12-17(13-18-6)10-8-15(9-11-17)16(3,4)5/h14-15,18H,7-13H2,1-6H3. The SMILES string of the molecule is CCC(C)CC1(CNC)CCC(C(C)(C)C)CC1. The molecule has 18 heavy (non-hydrogen) atoms. The summed E-state index contributed by atoms with van der Waals surface area (Å²) >= 11 is 0. The molecule has 1 aliphatic rings. The van der Waals surface area contributed by atoms with Crippen LogP contribution in [0.25, 0.3) is 0 Å². The van der Waals surface area contributed by atoms with Gasteiger partial charge in [0.05, 0.1) is 0 Å². The van der Waals surface area contributed by atoms with Gasteiger partial charge in [0, 0.05) is 6.54 Å². The number of rotatable bonds is 5. The van der Waals surface area contributed by atoms with E-state index in [1.54, 1.807) is 0 Å². The van der Waals surface area contributed by atoms with Gasteiger partial charge in [-0.2, -0.15) is 0 Å². The summed E-state index contributed by atoms with van der Waals surface area (Å²) in [4.78, 5) is 0. The molecule has 0 amide bonds. The van der Waals surface area contributed by atoms with Crippen LogP contribution < -0.4 is 5.32 Å². The minimum atomic E-state index is 0.502. The molecular formula is C17H35N. The van der Waals surface area contributed by atoms with Gasteiger partial charge in [0.2, 0.25) is 0 Å². The molecule has 0 aromatic heterocycles. The first kappa shape index (κ1) is 16.0. The summed E-state index contributed by atoms with van der Waals surface area (Å²) in [6, 6.07) is 0. The van der Waals surface area contributed by atoms with Crippen molar-refractivity contribution in [1.82, 2.24) is 5.32 Å². The van der Waals surface area contributed by atoms with E-state index >= 15 is 0 Å². The van der Waals surface area contributed by atoms with Gasteiger partial charge in [-0.25, -0.2) is 0 Å². The van der Waals surface area contributed by atoms with Crippen molar-refractivity contribution in [2.75, 3.05) is 13.6 Å². The molecule has 1 atom stereocenters. The summed E-state index contributed by atoms with van der Waals surface area (Å²) in [6.45, 7) is 13.2. The zero-order valence-electron chi connectivity index (χ0n) is 13.6. The van der Waals surface area contributed by atoms with Crippen LogP contribution in [0.2, 0.25) is 0 Å². The zero-order valence-corrected chi connectivity index (χ0v) is 13.6. The van der Waals surface area contributed by atoms with E-state index in [1.165, 1.54) is 45.1 Å². The van der Waals surface area contributed by atoms with Gasteiger partial charge in [-0.1, -0.05) is 41.0 Å². The molecule has 1 heteroatoms. The molecule has 1 rings (SSSR count). The first-order valence-electron chi connectivity index (χ1n) is 7.97. The summed E-state index contributed by atoms with van der Waals surface area (Å²) in [5.41, 5.74) is 1.09. The molecule has 1 saturated carbocycles. The molecule has 1 fully saturated rings. The predicted molar refractivity (Wildman–Crippen MR) is 81.8 cm³/mol. The Kier molecular flexibility index (Phi) is 5.70. The van der Waals surface area contributed by atoms with E-state index < -0.39 is 0 Å². The van der Waals surface area contributed by atoms with Crippen LogP contribution in [-0.4, -0.2) is 13.6 Å². The van der Waals surface area contributed by atoms with Crippen molar-refractivity contribution in [2.45, 2.75) is 73.1 Å². The topological polar surface area (TPSA) is 12.0 Å². The van der Waals surface area contributed by atoms with Crippen molar-refractivity contribution < 1.29 is 0 Å². The molecule has 0 spiro atoms. The fourth-order valence-electron chi connectivity index (χ4n) is 3.81. The minimum absolute atomic E-state index is 0.502. The van der Waals surface area contributed by atoms with Gasteiger partial charge in [0.25, 0.3) is 0 Å². The first-order chi connectivity index (χ1) is 8.33. The van der Waals surface area contributed by atoms with Crippen LogP contribution in [0.4, 0.5) is 0 Å². The van der Waals surface area contributed by atoms with Gasteiger partial charge >= 0.3 is 0 Å². The fraction of sp³-hybridized carbons (Fsp3) is 1.00. The molecule has 1 unspecified atom stereocenters. The van der Waals surface area contributed by atoms with Crippen LogP contribution in [0, 0.1) is 22.7 Å². The summed E-state index contributed by atoms with van der Waals surface area (Å²) < 4.78 is 0. The Morgan fingerprint density at radius 1 is 1.22 bits per heavy atom. The minimum Gasteiger partial charge on any atom is -0.319 e. The Balaban J connectivity index is 2.62. The largest absolute Gasteiger partial charge is 0.319 e. The Bertz CT molecular complexity index is 230. The lowest BCUT2D eigenvalue weighted by atomic mass is 9.61. The van der Waals surface area contributed by atoms with Crippen LogP contribution in [-0.2, 0) is 0 Å². The maximum Gasteiger partial charge on any atom is 0.000491 e. The lowest BCUT2D eigenvalue weighted by Crippen LogP contribution is -2.39. The molecule has 1 aliphatic carbocycles. The van der Waals surface area contributed by atoms with Gasteiger partial charge in [0.15, 0.2) is 0 Å². The molecule has 0 aromatic rings. The molecule has 1 nitrogen and oxygen atoms in total. The van der Waals surface area contributed by atoms with Crippen LogP contribution in [0.15, 0.2) is 0 Å². The lowest BCUT2D eigenvalue weighted by molar-refractivity contribution is 0.0692. The van der Waals surface area contributed by atoms with Gasteiger partial charge < -0.3 is 5.32 Å². The number of hydrogen-bond donors (Lipinski definition) is 1. The van der Waals surface area contributed by atoms with E-state index in [0.29, 0.717) is 10.8 Å². The van der Waals surface area contributed by atoms with E-state index in [9.17, 15) is 0 Å². The van der Waals surface area contributed by atoms with Crippen molar-refractivity contribution in [1.29, 1.82) is 0 Å². The highest BCUT2D eigenvalue weighted by Crippen LogP contribution is 2.48. The second kappa shape index (κ2) is 6.41. The van der Waals surface area contributed by atoms with E-state index in [4.69, 9.17) is 0 Å². The summed E-state index contributed by atoms with van der Waals surface area (Å²) in [7, 11) is 2.12. The smallest absolute Gasteiger partial charge is 0.000491 e. The highest BCUT2D eigenvalue weighted by atomic mass is 14.8. The molecule has 0 aromatic carbocycles. The average Bonchev–Trinajstić information content (AvgIpc) is 2.28. The molecule has 0 aliphatic heterocycles. The van der Waals surface area contributed by atoms with Gasteiger partial charge in [0.1, 0.15) is 0 Å². The Morgan fingerprint density at radius 2 is 1.78 bits per heavy atom. The highest BCUT2D eigenvalue weighted by Gasteiger charge is 2.38. The number of nitrogens with one attached hydrogen (secondary N) is 1. The first-order valence-corrected chi connectivity index (χ1v) is 7.97. The van der Waals surface area contributed by atoms with Gasteiger partial charge in [-0.05, 0) is 61.8 Å². The summed E-state index contributed by atoms with van der Waals surface area (Å²) in [5, 5.41) is 3.46. The van der Waals surface area contributed by atoms with E-state index in [-0.39, 0.29) is 0 Å². The molecule has 0 heterocycles. The molecule has 0 radical (unpaired) electrons. The highest BCUT2D eigenvalue weighted by molar-refractivity contribution is 4.91. The summed E-state index contributed by atoms with van der Waals surface area (Å²) in [5.74, 6) is 1.81. The summed E-state index contributed by atoms with van der Waals surface area (Å²) in [6.07, 6.45) is 8.47. The normalized spacial score (nSPS) is 31.3. The second-order valence-electron chi connectivity index (χ2n) is 7.89. The monoisotopic (exact) mass is 253 g/mol. The van der Waals surface area contributed by atoms with Gasteiger partial charge in [-0.3, -0.25) is 0 Å². The van der Waals surface area contributed by atoms with Crippen molar-refractivity contribution in [3.05, 3.63) is 0 Å². The Hall–Kier alpha value is -0.0400. The van der Waals surface area contributed by atoms with Crippen LogP contribution in [0.1, 0.15) is 73.1 Å². The zero-order chi connectivity index (χ0) is 13.8. The third kappa shape index (κ3) is 4.26. The maximum absolute atomic E-state index is 3.46. The molecule has 108 valence electrons. The maximum atomic E-state index is 3.46. The second-order valence-corrected chi connectivity index (χ2v) is 7.89. The van der Waals surface area contributed by atoms with Crippen molar-refractivity contribution in [2.24, 2.45) is 22.7 Å².